The molecule has 1 N–H and O–H groups in total. The molecule has 6 nitrogen and oxygen atoms in total. The SMILES string of the molecule is CCN(CC(=O)O)C[C@@H]1CCCN(C(=O)OCc2ccccc2)C1. The van der Waals surface area contributed by atoms with E-state index < -0.39 is 5.97 Å². The molecule has 132 valence electrons. The fraction of sp³-hybridized carbons (Fsp3) is 0.556. The van der Waals surface area contributed by atoms with Gasteiger partial charge in [0.15, 0.2) is 0 Å². The Kier molecular flexibility index (Phi) is 7.06. The topological polar surface area (TPSA) is 70.1 Å². The van der Waals surface area contributed by atoms with Gasteiger partial charge in [0.05, 0.1) is 6.54 Å². The van der Waals surface area contributed by atoms with Gasteiger partial charge in [-0.3, -0.25) is 9.69 Å². The molecule has 6 heteroatoms. The number of ether oxygens (including phenoxy) is 1. The van der Waals surface area contributed by atoms with Gasteiger partial charge in [0.2, 0.25) is 0 Å². The minimum absolute atomic E-state index is 0.0471. The number of amides is 1. The van der Waals surface area contributed by atoms with Crippen molar-refractivity contribution in [2.75, 3.05) is 32.7 Å². The summed E-state index contributed by atoms with van der Waals surface area (Å²) in [7, 11) is 0. The highest BCUT2D eigenvalue weighted by Gasteiger charge is 2.26. The monoisotopic (exact) mass is 334 g/mol. The zero-order valence-corrected chi connectivity index (χ0v) is 14.2. The molecule has 24 heavy (non-hydrogen) atoms. The summed E-state index contributed by atoms with van der Waals surface area (Å²) in [6, 6.07) is 9.62. The molecule has 0 aromatic heterocycles. The first-order valence-electron chi connectivity index (χ1n) is 8.48. The van der Waals surface area contributed by atoms with E-state index in [0.717, 1.165) is 18.4 Å². The number of nitrogens with zero attached hydrogens (tertiary/aromatic N) is 2. The second-order valence-corrected chi connectivity index (χ2v) is 6.22. The molecule has 0 radical (unpaired) electrons. The molecule has 1 aromatic carbocycles. The predicted molar refractivity (Wildman–Crippen MR) is 90.7 cm³/mol. The Hall–Kier alpha value is -2.08. The maximum absolute atomic E-state index is 12.2. The maximum Gasteiger partial charge on any atom is 0.410 e. The molecule has 1 fully saturated rings. The number of piperidine rings is 1. The van der Waals surface area contributed by atoms with Crippen molar-refractivity contribution >= 4 is 12.1 Å². The molecule has 0 spiro atoms. The van der Waals surface area contributed by atoms with Crippen LogP contribution >= 0.6 is 0 Å². The summed E-state index contributed by atoms with van der Waals surface area (Å²) in [4.78, 5) is 26.8. The average Bonchev–Trinajstić information content (AvgIpc) is 2.60. The largest absolute Gasteiger partial charge is 0.480 e. The Morgan fingerprint density at radius 1 is 1.33 bits per heavy atom. The van der Waals surface area contributed by atoms with E-state index in [0.29, 0.717) is 32.1 Å². The molecule has 1 saturated heterocycles. The van der Waals surface area contributed by atoms with Gasteiger partial charge in [0, 0.05) is 19.6 Å². The predicted octanol–water partition coefficient (Wildman–Crippen LogP) is 2.44. The molecular formula is C18H26N2O4. The van der Waals surface area contributed by atoms with Gasteiger partial charge in [0.25, 0.3) is 0 Å². The summed E-state index contributed by atoms with van der Waals surface area (Å²) in [5.74, 6) is -0.519. The molecule has 0 unspecified atom stereocenters. The summed E-state index contributed by atoms with van der Waals surface area (Å²) in [5.41, 5.74) is 0.970. The lowest BCUT2D eigenvalue weighted by atomic mass is 9.97. The number of carbonyl (C=O) groups excluding carboxylic acids is 1. The molecular weight excluding hydrogens is 308 g/mol. The summed E-state index contributed by atoms with van der Waals surface area (Å²) in [6.07, 6.45) is 1.65. The number of hydrogen-bond donors (Lipinski definition) is 1. The zero-order valence-electron chi connectivity index (χ0n) is 14.2. The van der Waals surface area contributed by atoms with Crippen LogP contribution in [0.5, 0.6) is 0 Å². The average molecular weight is 334 g/mol. The first-order chi connectivity index (χ1) is 11.6. The summed E-state index contributed by atoms with van der Waals surface area (Å²) < 4.78 is 5.39. The summed E-state index contributed by atoms with van der Waals surface area (Å²) in [6.45, 7) is 5.01. The van der Waals surface area contributed by atoms with Crippen molar-refractivity contribution in [1.29, 1.82) is 0 Å². The Bertz CT molecular complexity index is 535. The molecule has 0 saturated carbocycles. The molecule has 2 rings (SSSR count). The molecule has 1 aliphatic heterocycles. The van der Waals surface area contributed by atoms with Gasteiger partial charge in [-0.2, -0.15) is 0 Å². The van der Waals surface area contributed by atoms with E-state index in [-0.39, 0.29) is 19.2 Å². The molecule has 1 atom stereocenters. The summed E-state index contributed by atoms with van der Waals surface area (Å²) in [5, 5.41) is 8.94. The van der Waals surface area contributed by atoms with E-state index in [2.05, 4.69) is 0 Å². The van der Waals surface area contributed by atoms with Crippen LogP contribution < -0.4 is 0 Å². The minimum atomic E-state index is -0.813. The van der Waals surface area contributed by atoms with Crippen molar-refractivity contribution in [1.82, 2.24) is 9.80 Å². The minimum Gasteiger partial charge on any atom is -0.480 e. The fourth-order valence-corrected chi connectivity index (χ4v) is 3.05. The van der Waals surface area contributed by atoms with Crippen molar-refractivity contribution in [3.05, 3.63) is 35.9 Å². The normalized spacial score (nSPS) is 17.8. The van der Waals surface area contributed by atoms with Crippen LogP contribution in [-0.2, 0) is 16.1 Å². The zero-order chi connectivity index (χ0) is 17.4. The lowest BCUT2D eigenvalue weighted by Gasteiger charge is -2.34. The van der Waals surface area contributed by atoms with Crippen molar-refractivity contribution in [3.63, 3.8) is 0 Å². The third-order valence-electron chi connectivity index (χ3n) is 4.30. The Morgan fingerprint density at radius 3 is 2.75 bits per heavy atom. The first kappa shape index (κ1) is 18.3. The number of carbonyl (C=O) groups is 2. The quantitative estimate of drug-likeness (QED) is 0.829. The third kappa shape index (κ3) is 5.85. The van der Waals surface area contributed by atoms with Crippen molar-refractivity contribution in [2.24, 2.45) is 5.92 Å². The number of carboxylic acid groups (broad SMARTS) is 1. The number of likely N-dealkylation sites (tertiary alicyclic amines) is 1. The molecule has 1 aliphatic rings. The van der Waals surface area contributed by atoms with Gasteiger partial charge in [-0.05, 0) is 30.9 Å². The lowest BCUT2D eigenvalue weighted by Crippen LogP contribution is -2.44. The number of hydrogen-bond acceptors (Lipinski definition) is 4. The van der Waals surface area contributed by atoms with Crippen LogP contribution in [0.25, 0.3) is 0 Å². The highest BCUT2D eigenvalue weighted by Crippen LogP contribution is 2.19. The second-order valence-electron chi connectivity index (χ2n) is 6.22. The van der Waals surface area contributed by atoms with Crippen molar-refractivity contribution in [2.45, 2.75) is 26.4 Å². The van der Waals surface area contributed by atoms with Crippen LogP contribution in [0.15, 0.2) is 30.3 Å². The molecule has 0 bridgehead atoms. The highest BCUT2D eigenvalue weighted by molar-refractivity contribution is 5.69. The Labute approximate surface area is 143 Å². The van der Waals surface area contributed by atoms with Crippen LogP contribution in [0.1, 0.15) is 25.3 Å². The van der Waals surface area contributed by atoms with Crippen LogP contribution in [0.3, 0.4) is 0 Å². The highest BCUT2D eigenvalue weighted by atomic mass is 16.6. The van der Waals surface area contributed by atoms with E-state index in [1.165, 1.54) is 0 Å². The van der Waals surface area contributed by atoms with Crippen LogP contribution in [0, 0.1) is 5.92 Å². The third-order valence-corrected chi connectivity index (χ3v) is 4.30. The number of aliphatic carboxylic acids is 1. The maximum atomic E-state index is 12.2. The van der Waals surface area contributed by atoms with Gasteiger partial charge >= 0.3 is 12.1 Å². The molecule has 1 heterocycles. The van der Waals surface area contributed by atoms with Crippen molar-refractivity contribution < 1.29 is 19.4 Å². The standard InChI is InChI=1S/C18H26N2O4/c1-2-19(13-17(21)22)11-16-9-6-10-20(12-16)18(23)24-14-15-7-4-3-5-8-15/h3-5,7-8,16H,2,6,9-14H2,1H3,(H,21,22)/t16-/m0/s1. The lowest BCUT2D eigenvalue weighted by molar-refractivity contribution is -0.138. The first-order valence-corrected chi connectivity index (χ1v) is 8.48. The number of benzene rings is 1. The van der Waals surface area contributed by atoms with Crippen LogP contribution in [0.4, 0.5) is 4.79 Å². The van der Waals surface area contributed by atoms with Gasteiger partial charge in [-0.25, -0.2) is 4.79 Å². The summed E-state index contributed by atoms with van der Waals surface area (Å²) >= 11 is 0. The van der Waals surface area contributed by atoms with Gasteiger partial charge in [-0.1, -0.05) is 37.3 Å². The number of likely N-dealkylation sites (N-methyl/N-ethyl adjacent to an activating group) is 1. The number of rotatable bonds is 7. The molecule has 1 aromatic rings. The van der Waals surface area contributed by atoms with E-state index in [4.69, 9.17) is 9.84 Å². The van der Waals surface area contributed by atoms with E-state index in [9.17, 15) is 9.59 Å². The van der Waals surface area contributed by atoms with E-state index in [1.54, 1.807) is 4.90 Å². The Morgan fingerprint density at radius 2 is 2.08 bits per heavy atom. The van der Waals surface area contributed by atoms with Crippen LogP contribution in [0.2, 0.25) is 0 Å². The van der Waals surface area contributed by atoms with E-state index >= 15 is 0 Å². The second kappa shape index (κ2) is 9.27. The van der Waals surface area contributed by atoms with Crippen LogP contribution in [-0.4, -0.2) is 59.7 Å². The van der Waals surface area contributed by atoms with Crippen molar-refractivity contribution in [3.8, 4) is 0 Å². The Balaban J connectivity index is 1.81. The van der Waals surface area contributed by atoms with E-state index in [1.807, 2.05) is 42.2 Å². The smallest absolute Gasteiger partial charge is 0.410 e. The van der Waals surface area contributed by atoms with Gasteiger partial charge in [0.1, 0.15) is 6.61 Å². The fourth-order valence-electron chi connectivity index (χ4n) is 3.05. The molecule has 1 amide bonds. The van der Waals surface area contributed by atoms with Gasteiger partial charge in [-0.15, -0.1) is 0 Å². The molecule has 0 aliphatic carbocycles. The number of carboxylic acids is 1. The van der Waals surface area contributed by atoms with Gasteiger partial charge < -0.3 is 14.7 Å².